The Morgan fingerprint density at radius 3 is 2.23 bits per heavy atom. The van der Waals surface area contributed by atoms with Gasteiger partial charge in [0.25, 0.3) is 0 Å². The van der Waals surface area contributed by atoms with Crippen molar-refractivity contribution < 1.29 is 18.3 Å². The molecular formula is C21H26F3OP. The Morgan fingerprint density at radius 2 is 1.69 bits per heavy atom. The van der Waals surface area contributed by atoms with E-state index in [2.05, 4.69) is 13.8 Å². The fraction of sp³-hybridized carbons (Fsp3) is 0.429. The van der Waals surface area contributed by atoms with Crippen LogP contribution in [0.25, 0.3) is 0 Å². The van der Waals surface area contributed by atoms with Crippen molar-refractivity contribution in [1.82, 2.24) is 0 Å². The van der Waals surface area contributed by atoms with E-state index in [0.29, 0.717) is 17.9 Å². The molecule has 0 radical (unpaired) electrons. The Balaban J connectivity index is 2.44. The van der Waals surface area contributed by atoms with E-state index >= 15 is 0 Å². The Labute approximate surface area is 155 Å². The molecule has 142 valence electrons. The average molecular weight is 382 g/mol. The summed E-state index contributed by atoms with van der Waals surface area (Å²) in [6.07, 6.45) is -2.78. The molecule has 0 saturated carbocycles. The van der Waals surface area contributed by atoms with Gasteiger partial charge < -0.3 is 5.11 Å². The molecular weight excluding hydrogens is 356 g/mol. The highest BCUT2D eigenvalue weighted by Gasteiger charge is 2.36. The summed E-state index contributed by atoms with van der Waals surface area (Å²) in [5, 5.41) is 10.3. The van der Waals surface area contributed by atoms with Crippen molar-refractivity contribution in [3.8, 4) is 5.75 Å². The highest BCUT2D eigenvalue weighted by atomic mass is 31.1. The predicted molar refractivity (Wildman–Crippen MR) is 104 cm³/mol. The van der Waals surface area contributed by atoms with Crippen LogP contribution in [-0.4, -0.2) is 5.11 Å². The van der Waals surface area contributed by atoms with E-state index in [0.717, 1.165) is 18.1 Å². The second kappa shape index (κ2) is 8.00. The number of phenols is 1. The minimum atomic E-state index is -4.37. The lowest BCUT2D eigenvalue weighted by Crippen LogP contribution is -2.23. The molecule has 0 aromatic heterocycles. The van der Waals surface area contributed by atoms with E-state index in [4.69, 9.17) is 0 Å². The van der Waals surface area contributed by atoms with Gasteiger partial charge in [-0.15, -0.1) is 0 Å². The van der Waals surface area contributed by atoms with Crippen molar-refractivity contribution in [2.45, 2.75) is 57.8 Å². The van der Waals surface area contributed by atoms with Crippen molar-refractivity contribution in [1.29, 1.82) is 0 Å². The van der Waals surface area contributed by atoms with Crippen LogP contribution in [0.5, 0.6) is 5.75 Å². The van der Waals surface area contributed by atoms with Crippen molar-refractivity contribution >= 4 is 13.9 Å². The molecule has 1 N–H and O–H groups in total. The molecule has 0 aliphatic carbocycles. The van der Waals surface area contributed by atoms with Crippen LogP contribution in [0.3, 0.4) is 0 Å². The van der Waals surface area contributed by atoms with Crippen LogP contribution in [0.1, 0.15) is 63.1 Å². The quantitative estimate of drug-likeness (QED) is 0.562. The Kier molecular flexibility index (Phi) is 6.39. The maximum Gasteiger partial charge on any atom is 0.417 e. The van der Waals surface area contributed by atoms with Crippen LogP contribution < -0.4 is 5.30 Å². The molecule has 0 aliphatic heterocycles. The summed E-state index contributed by atoms with van der Waals surface area (Å²) in [6.45, 7) is 8.05. The largest absolute Gasteiger partial charge is 0.508 e. The van der Waals surface area contributed by atoms with Gasteiger partial charge in [0.1, 0.15) is 5.75 Å². The maximum absolute atomic E-state index is 13.3. The average Bonchev–Trinajstić information content (AvgIpc) is 2.60. The van der Waals surface area contributed by atoms with Gasteiger partial charge in [-0.3, -0.25) is 0 Å². The van der Waals surface area contributed by atoms with Gasteiger partial charge in [-0.2, -0.15) is 13.2 Å². The van der Waals surface area contributed by atoms with Gasteiger partial charge in [0.2, 0.25) is 0 Å². The van der Waals surface area contributed by atoms with Crippen LogP contribution in [0.15, 0.2) is 42.5 Å². The molecule has 0 heterocycles. The summed E-state index contributed by atoms with van der Waals surface area (Å²) in [5.74, 6) is 0.500. The normalized spacial score (nSPS) is 16.0. The van der Waals surface area contributed by atoms with Crippen LogP contribution in [-0.2, 0) is 11.3 Å². The third kappa shape index (κ3) is 4.40. The zero-order chi connectivity index (χ0) is 19.5. The topological polar surface area (TPSA) is 20.2 Å². The van der Waals surface area contributed by atoms with E-state index in [1.54, 1.807) is 18.2 Å². The van der Waals surface area contributed by atoms with Gasteiger partial charge in [0.05, 0.1) is 5.56 Å². The number of hydrogen-bond acceptors (Lipinski definition) is 1. The second-order valence-corrected chi connectivity index (χ2v) is 8.83. The molecule has 1 nitrogen and oxygen atoms in total. The molecule has 26 heavy (non-hydrogen) atoms. The number of hydrogen-bond donors (Lipinski definition) is 1. The van der Waals surface area contributed by atoms with Crippen LogP contribution >= 0.6 is 8.58 Å². The van der Waals surface area contributed by atoms with E-state index in [-0.39, 0.29) is 19.6 Å². The monoisotopic (exact) mass is 382 g/mol. The van der Waals surface area contributed by atoms with Crippen LogP contribution in [0.2, 0.25) is 0 Å². The SMILES string of the molecule is CCC(C)c1ccc(C(C)(CC)Pc2ccccc2C(F)(F)F)c(O)c1. The Hall–Kier alpha value is -1.54. The standard InChI is InChI=1S/C21H26F3OP/c1-5-14(3)15-11-12-16(18(25)13-15)20(4,6-2)26-19-10-8-7-9-17(19)21(22,23)24/h7-14,25-26H,5-6H2,1-4H3. The lowest BCUT2D eigenvalue weighted by Gasteiger charge is -2.31. The minimum absolute atomic E-state index is 0.0937. The molecule has 2 rings (SSSR count). The summed E-state index contributed by atoms with van der Waals surface area (Å²) in [6, 6.07) is 11.3. The fourth-order valence-electron chi connectivity index (χ4n) is 3.04. The number of alkyl halides is 3. The van der Waals surface area contributed by atoms with E-state index in [1.807, 2.05) is 26.0 Å². The summed E-state index contributed by atoms with van der Waals surface area (Å²) >= 11 is 0. The highest BCUT2D eigenvalue weighted by Crippen LogP contribution is 2.48. The smallest absolute Gasteiger partial charge is 0.417 e. The molecule has 0 saturated heterocycles. The van der Waals surface area contributed by atoms with E-state index in [9.17, 15) is 18.3 Å². The van der Waals surface area contributed by atoms with Gasteiger partial charge in [-0.1, -0.05) is 66.6 Å². The van der Waals surface area contributed by atoms with Crippen molar-refractivity contribution in [2.24, 2.45) is 0 Å². The first-order valence-corrected chi connectivity index (χ1v) is 9.90. The second-order valence-electron chi connectivity index (χ2n) is 6.94. The molecule has 2 aromatic carbocycles. The molecule has 5 heteroatoms. The highest BCUT2D eigenvalue weighted by molar-refractivity contribution is 7.48. The van der Waals surface area contributed by atoms with E-state index < -0.39 is 16.9 Å². The van der Waals surface area contributed by atoms with Crippen molar-refractivity contribution in [2.75, 3.05) is 0 Å². The lowest BCUT2D eigenvalue weighted by molar-refractivity contribution is -0.136. The Morgan fingerprint density at radius 1 is 1.04 bits per heavy atom. The summed E-state index contributed by atoms with van der Waals surface area (Å²) in [7, 11) is -0.0937. The van der Waals surface area contributed by atoms with Crippen molar-refractivity contribution in [3.05, 3.63) is 59.2 Å². The van der Waals surface area contributed by atoms with E-state index in [1.165, 1.54) is 6.07 Å². The van der Waals surface area contributed by atoms with Crippen LogP contribution in [0.4, 0.5) is 13.2 Å². The van der Waals surface area contributed by atoms with Gasteiger partial charge >= 0.3 is 6.18 Å². The molecule has 0 spiro atoms. The predicted octanol–water partition coefficient (Wildman–Crippen LogP) is 6.55. The zero-order valence-electron chi connectivity index (χ0n) is 15.6. The number of aromatic hydroxyl groups is 1. The number of rotatable bonds is 6. The number of phenolic OH excluding ortho intramolecular Hbond substituents is 1. The molecule has 0 amide bonds. The minimum Gasteiger partial charge on any atom is -0.508 e. The van der Waals surface area contributed by atoms with Gasteiger partial charge in [0.15, 0.2) is 0 Å². The summed E-state index contributed by atoms with van der Waals surface area (Å²) < 4.78 is 40.0. The van der Waals surface area contributed by atoms with Gasteiger partial charge in [0, 0.05) is 10.7 Å². The lowest BCUT2D eigenvalue weighted by atomic mass is 9.91. The summed E-state index contributed by atoms with van der Waals surface area (Å²) in [4.78, 5) is 0. The molecule has 0 aliphatic rings. The molecule has 2 aromatic rings. The van der Waals surface area contributed by atoms with Crippen LogP contribution in [0, 0.1) is 0 Å². The molecule has 0 bridgehead atoms. The Bertz CT molecular complexity index is 757. The molecule has 0 fully saturated rings. The fourth-order valence-corrected chi connectivity index (χ4v) is 4.70. The summed E-state index contributed by atoms with van der Waals surface area (Å²) in [5.41, 5.74) is 1.17. The third-order valence-corrected chi connectivity index (χ3v) is 7.03. The molecule has 3 atom stereocenters. The third-order valence-electron chi connectivity index (χ3n) is 5.15. The first-order valence-electron chi connectivity index (χ1n) is 8.90. The van der Waals surface area contributed by atoms with Gasteiger partial charge in [-0.05, 0) is 41.8 Å². The van der Waals surface area contributed by atoms with Gasteiger partial charge in [-0.25, -0.2) is 0 Å². The first-order chi connectivity index (χ1) is 12.1. The number of halogens is 3. The number of benzene rings is 2. The maximum atomic E-state index is 13.3. The molecule has 3 unspecified atom stereocenters. The van der Waals surface area contributed by atoms with Crippen molar-refractivity contribution in [3.63, 3.8) is 0 Å². The first kappa shape index (κ1) is 20.8. The zero-order valence-corrected chi connectivity index (χ0v) is 16.6.